The van der Waals surface area contributed by atoms with Crippen LogP contribution in [0.3, 0.4) is 0 Å². The highest BCUT2D eigenvalue weighted by Gasteiger charge is 2.21. The van der Waals surface area contributed by atoms with Crippen LogP contribution >= 0.6 is 0 Å². The van der Waals surface area contributed by atoms with Crippen molar-refractivity contribution in [2.45, 2.75) is 0 Å². The highest BCUT2D eigenvalue weighted by atomic mass is 16.3. The van der Waals surface area contributed by atoms with Crippen molar-refractivity contribution >= 4 is 43.5 Å². The maximum Gasteiger partial charge on any atom is 0.164 e. The Morgan fingerprint density at radius 1 is 0.392 bits per heavy atom. The van der Waals surface area contributed by atoms with Gasteiger partial charge in [0.15, 0.2) is 17.5 Å². The molecule has 0 atom stereocenters. The monoisotopic (exact) mass is 653 g/mol. The molecular formula is C45H27N5O. The van der Waals surface area contributed by atoms with Gasteiger partial charge in [-0.2, -0.15) is 0 Å². The molecule has 238 valence electrons. The molecule has 6 aromatic carbocycles. The van der Waals surface area contributed by atoms with E-state index in [4.69, 9.17) is 29.3 Å². The van der Waals surface area contributed by atoms with Crippen LogP contribution in [-0.4, -0.2) is 24.9 Å². The second-order valence-corrected chi connectivity index (χ2v) is 12.5. The van der Waals surface area contributed by atoms with E-state index in [-0.39, 0.29) is 0 Å². The number of rotatable bonds is 5. The zero-order valence-electron chi connectivity index (χ0n) is 27.2. The van der Waals surface area contributed by atoms with Crippen LogP contribution in [-0.2, 0) is 0 Å². The summed E-state index contributed by atoms with van der Waals surface area (Å²) in [5, 5.41) is 6.17. The minimum Gasteiger partial charge on any atom is -0.456 e. The van der Waals surface area contributed by atoms with Gasteiger partial charge in [-0.3, -0.25) is 4.98 Å². The molecule has 0 unspecified atom stereocenters. The summed E-state index contributed by atoms with van der Waals surface area (Å²) in [7, 11) is 0. The van der Waals surface area contributed by atoms with E-state index in [1.54, 1.807) is 0 Å². The van der Waals surface area contributed by atoms with E-state index in [0.29, 0.717) is 17.5 Å². The van der Waals surface area contributed by atoms with Crippen molar-refractivity contribution in [2.75, 3.05) is 0 Å². The molecule has 10 aromatic rings. The fourth-order valence-electron chi connectivity index (χ4n) is 6.95. The van der Waals surface area contributed by atoms with Gasteiger partial charge in [0.05, 0.1) is 16.8 Å². The lowest BCUT2D eigenvalue weighted by molar-refractivity contribution is 0.669. The van der Waals surface area contributed by atoms with Gasteiger partial charge in [-0.25, -0.2) is 19.9 Å². The molecule has 4 aromatic heterocycles. The third-order valence-corrected chi connectivity index (χ3v) is 9.35. The molecule has 0 radical (unpaired) electrons. The first-order valence-corrected chi connectivity index (χ1v) is 16.8. The summed E-state index contributed by atoms with van der Waals surface area (Å²) in [4.78, 5) is 25.4. The largest absolute Gasteiger partial charge is 0.456 e. The lowest BCUT2D eigenvalue weighted by Gasteiger charge is -2.13. The first-order valence-electron chi connectivity index (χ1n) is 16.8. The zero-order valence-corrected chi connectivity index (χ0v) is 27.2. The van der Waals surface area contributed by atoms with Crippen LogP contribution in [0.15, 0.2) is 168 Å². The number of benzene rings is 6. The number of aromatic nitrogens is 5. The van der Waals surface area contributed by atoms with Crippen LogP contribution in [0.25, 0.3) is 100 Å². The van der Waals surface area contributed by atoms with Crippen molar-refractivity contribution in [1.82, 2.24) is 24.9 Å². The number of para-hydroxylation sites is 1. The third kappa shape index (κ3) is 5.01. The quantitative estimate of drug-likeness (QED) is 0.184. The van der Waals surface area contributed by atoms with Gasteiger partial charge in [0.25, 0.3) is 0 Å². The summed E-state index contributed by atoms with van der Waals surface area (Å²) in [5.74, 6) is 1.80. The molecule has 0 aliphatic rings. The second-order valence-electron chi connectivity index (χ2n) is 12.5. The fourth-order valence-corrected chi connectivity index (χ4v) is 6.95. The van der Waals surface area contributed by atoms with E-state index in [1.807, 2.05) is 109 Å². The average molecular weight is 654 g/mol. The molecule has 0 spiro atoms. The van der Waals surface area contributed by atoms with Crippen LogP contribution in [0.5, 0.6) is 0 Å². The van der Waals surface area contributed by atoms with Gasteiger partial charge >= 0.3 is 0 Å². The van der Waals surface area contributed by atoms with E-state index in [0.717, 1.165) is 82.8 Å². The lowest BCUT2D eigenvalue weighted by Crippen LogP contribution is -2.00. The van der Waals surface area contributed by atoms with Gasteiger partial charge in [-0.15, -0.1) is 0 Å². The SMILES string of the molecule is c1ccc(-c2nc(-c3ccccc3)nc(-c3cc(-c4cc5oc6ccccc6c5c(-c5nccc6ccccc56)n4)c4ccccc4c3)n2)cc1. The van der Waals surface area contributed by atoms with E-state index < -0.39 is 0 Å². The highest BCUT2D eigenvalue weighted by molar-refractivity contribution is 6.14. The summed E-state index contributed by atoms with van der Waals surface area (Å²) >= 11 is 0. The number of pyridine rings is 2. The summed E-state index contributed by atoms with van der Waals surface area (Å²) < 4.78 is 6.54. The zero-order chi connectivity index (χ0) is 33.7. The topological polar surface area (TPSA) is 77.6 Å². The van der Waals surface area contributed by atoms with Gasteiger partial charge in [0, 0.05) is 45.3 Å². The molecule has 0 saturated heterocycles. The Morgan fingerprint density at radius 2 is 0.980 bits per heavy atom. The van der Waals surface area contributed by atoms with Crippen molar-refractivity contribution < 1.29 is 4.42 Å². The molecule has 0 amide bonds. The predicted molar refractivity (Wildman–Crippen MR) is 205 cm³/mol. The van der Waals surface area contributed by atoms with Crippen LogP contribution in [0, 0.1) is 0 Å². The molecule has 6 nitrogen and oxygen atoms in total. The van der Waals surface area contributed by atoms with Crippen molar-refractivity contribution in [3.63, 3.8) is 0 Å². The van der Waals surface area contributed by atoms with Gasteiger partial charge in [-0.1, -0.05) is 127 Å². The minimum atomic E-state index is 0.579. The molecule has 10 rings (SSSR count). The fraction of sp³-hybridized carbons (Fsp3) is 0. The first-order chi connectivity index (χ1) is 25.3. The second kappa shape index (κ2) is 11.8. The van der Waals surface area contributed by atoms with Gasteiger partial charge < -0.3 is 4.42 Å². The molecule has 0 bridgehead atoms. The summed E-state index contributed by atoms with van der Waals surface area (Å²) in [6.07, 6.45) is 1.85. The molecule has 0 N–H and O–H groups in total. The number of furan rings is 1. The Kier molecular flexibility index (Phi) is 6.70. The molecule has 4 heterocycles. The smallest absolute Gasteiger partial charge is 0.164 e. The van der Waals surface area contributed by atoms with Crippen LogP contribution in [0.1, 0.15) is 0 Å². The van der Waals surface area contributed by atoms with Gasteiger partial charge in [0.2, 0.25) is 0 Å². The van der Waals surface area contributed by atoms with Gasteiger partial charge in [-0.05, 0) is 40.4 Å². The molecule has 0 saturated carbocycles. The van der Waals surface area contributed by atoms with E-state index in [2.05, 4.69) is 54.6 Å². The van der Waals surface area contributed by atoms with Crippen LogP contribution in [0.2, 0.25) is 0 Å². The Hall–Kier alpha value is -7.05. The third-order valence-electron chi connectivity index (χ3n) is 9.35. The van der Waals surface area contributed by atoms with E-state index >= 15 is 0 Å². The number of fused-ring (bicyclic) bond motifs is 5. The molecule has 6 heteroatoms. The maximum absolute atomic E-state index is 6.54. The maximum atomic E-state index is 6.54. The van der Waals surface area contributed by atoms with Crippen LogP contribution < -0.4 is 0 Å². The van der Waals surface area contributed by atoms with Crippen molar-refractivity contribution in [2.24, 2.45) is 0 Å². The Labute approximate surface area is 292 Å². The molecule has 51 heavy (non-hydrogen) atoms. The van der Waals surface area contributed by atoms with Gasteiger partial charge in [0.1, 0.15) is 16.9 Å². The Bertz CT molecular complexity index is 2860. The standard InChI is InChI=1S/C45H27N5O/c1-3-14-29(15-4-1)43-48-44(30-16-5-2-6-17-30)50-45(49-43)32-25-31-18-8-9-19-33(31)36(26-32)37-27-39-40(35-21-11-12-22-38(35)51-39)42(47-37)41-34-20-10-7-13-28(34)23-24-46-41/h1-27H. The van der Waals surface area contributed by atoms with E-state index in [9.17, 15) is 0 Å². The predicted octanol–water partition coefficient (Wildman–Crippen LogP) is 11.2. The molecular weight excluding hydrogens is 627 g/mol. The molecule has 0 fully saturated rings. The molecule has 0 aliphatic carbocycles. The van der Waals surface area contributed by atoms with Crippen molar-refractivity contribution in [1.29, 1.82) is 0 Å². The average Bonchev–Trinajstić information content (AvgIpc) is 3.59. The molecule has 0 aliphatic heterocycles. The lowest BCUT2D eigenvalue weighted by atomic mass is 9.96. The summed E-state index contributed by atoms with van der Waals surface area (Å²) in [6, 6.07) is 53.2. The number of hydrogen-bond donors (Lipinski definition) is 0. The summed E-state index contributed by atoms with van der Waals surface area (Å²) in [5.41, 5.74) is 7.54. The summed E-state index contributed by atoms with van der Waals surface area (Å²) in [6.45, 7) is 0. The number of nitrogens with zero attached hydrogens (tertiary/aromatic N) is 5. The van der Waals surface area contributed by atoms with E-state index in [1.165, 1.54) is 0 Å². The van der Waals surface area contributed by atoms with Crippen molar-refractivity contribution in [3.05, 3.63) is 164 Å². The number of hydrogen-bond acceptors (Lipinski definition) is 6. The van der Waals surface area contributed by atoms with Crippen molar-refractivity contribution in [3.8, 4) is 56.8 Å². The Morgan fingerprint density at radius 3 is 1.71 bits per heavy atom. The minimum absolute atomic E-state index is 0.579. The Balaban J connectivity index is 1.25. The first kappa shape index (κ1) is 28.9. The van der Waals surface area contributed by atoms with Crippen LogP contribution in [0.4, 0.5) is 0 Å². The highest BCUT2D eigenvalue weighted by Crippen LogP contribution is 2.41. The normalized spacial score (nSPS) is 11.5.